The summed E-state index contributed by atoms with van der Waals surface area (Å²) in [5.41, 5.74) is 9.29. The molecule has 0 amide bonds. The van der Waals surface area contributed by atoms with Crippen LogP contribution in [0.3, 0.4) is 0 Å². The van der Waals surface area contributed by atoms with Gasteiger partial charge in [0.05, 0.1) is 6.54 Å². The molecule has 3 rings (SSSR count). The van der Waals surface area contributed by atoms with Crippen LogP contribution in [0.2, 0.25) is 0 Å². The lowest BCUT2D eigenvalue weighted by Crippen LogP contribution is -2.29. The van der Waals surface area contributed by atoms with Crippen LogP contribution in [0.5, 0.6) is 0 Å². The molecule has 0 fully saturated rings. The number of nitrogens with two attached hydrogens (primary N) is 1. The first kappa shape index (κ1) is 16.6. The molecule has 5 nitrogen and oxygen atoms in total. The zero-order valence-electron chi connectivity index (χ0n) is 13.3. The van der Waals surface area contributed by atoms with Crippen LogP contribution in [0.25, 0.3) is 0 Å². The lowest BCUT2D eigenvalue weighted by atomic mass is 9.96. The van der Waals surface area contributed by atoms with Gasteiger partial charge in [-0.15, -0.1) is 12.4 Å². The number of fused-ring (bicyclic) bond motifs is 1. The van der Waals surface area contributed by atoms with E-state index in [0.29, 0.717) is 12.4 Å². The largest absolute Gasteiger partial charge is 0.398 e. The summed E-state index contributed by atoms with van der Waals surface area (Å²) < 4.78 is 5.41. The maximum absolute atomic E-state index is 6.08. The van der Waals surface area contributed by atoms with E-state index in [1.165, 1.54) is 11.3 Å². The molecule has 0 saturated heterocycles. The van der Waals surface area contributed by atoms with Crippen LogP contribution in [0, 0.1) is 0 Å². The van der Waals surface area contributed by atoms with Crippen molar-refractivity contribution in [3.8, 4) is 0 Å². The lowest BCUT2D eigenvalue weighted by molar-refractivity contribution is 0.360. The average Bonchev–Trinajstić information content (AvgIpc) is 2.89. The molecule has 120 valence electrons. The molecular formula is C16H23ClN4O. The van der Waals surface area contributed by atoms with Gasteiger partial charge in [0.2, 0.25) is 5.89 Å². The van der Waals surface area contributed by atoms with E-state index in [2.05, 4.69) is 41.9 Å². The van der Waals surface area contributed by atoms with Crippen molar-refractivity contribution in [3.05, 3.63) is 35.5 Å². The average molecular weight is 323 g/mol. The molecule has 6 heteroatoms. The van der Waals surface area contributed by atoms with Gasteiger partial charge in [0.25, 0.3) is 0 Å². The molecule has 1 aliphatic rings. The Bertz CT molecular complexity index is 648. The van der Waals surface area contributed by atoms with Crippen LogP contribution in [0.4, 0.5) is 11.4 Å². The first-order valence-electron chi connectivity index (χ1n) is 7.40. The number of halogens is 1. The quantitative estimate of drug-likeness (QED) is 0.859. The Labute approximate surface area is 137 Å². The second-order valence-corrected chi connectivity index (χ2v) is 6.63. The summed E-state index contributed by atoms with van der Waals surface area (Å²) in [4.78, 5) is 6.79. The van der Waals surface area contributed by atoms with Gasteiger partial charge in [-0.2, -0.15) is 4.98 Å². The number of nitrogens with zero attached hydrogens (tertiary/aromatic N) is 3. The minimum absolute atomic E-state index is 0. The van der Waals surface area contributed by atoms with Crippen molar-refractivity contribution < 1.29 is 4.52 Å². The topological polar surface area (TPSA) is 68.2 Å². The van der Waals surface area contributed by atoms with Gasteiger partial charge in [0, 0.05) is 23.3 Å². The smallest absolute Gasteiger partial charge is 0.246 e. The summed E-state index contributed by atoms with van der Waals surface area (Å²) in [6.07, 6.45) is 2.14. The van der Waals surface area contributed by atoms with E-state index in [-0.39, 0.29) is 17.8 Å². The predicted octanol–water partition coefficient (Wildman–Crippen LogP) is 3.32. The third-order valence-corrected chi connectivity index (χ3v) is 3.85. The van der Waals surface area contributed by atoms with Gasteiger partial charge in [-0.25, -0.2) is 0 Å². The molecule has 22 heavy (non-hydrogen) atoms. The fraction of sp³-hybridized carbons (Fsp3) is 0.500. The molecule has 2 aromatic rings. The van der Waals surface area contributed by atoms with Crippen molar-refractivity contribution >= 4 is 23.8 Å². The molecule has 0 bridgehead atoms. The van der Waals surface area contributed by atoms with E-state index in [1.807, 2.05) is 12.1 Å². The van der Waals surface area contributed by atoms with E-state index in [9.17, 15) is 0 Å². The summed E-state index contributed by atoms with van der Waals surface area (Å²) in [7, 11) is 0. The van der Waals surface area contributed by atoms with E-state index in [0.717, 1.165) is 30.9 Å². The van der Waals surface area contributed by atoms with Crippen LogP contribution in [-0.2, 0) is 18.4 Å². The van der Waals surface area contributed by atoms with Gasteiger partial charge in [-0.3, -0.25) is 0 Å². The van der Waals surface area contributed by atoms with E-state index in [4.69, 9.17) is 10.3 Å². The van der Waals surface area contributed by atoms with Crippen molar-refractivity contribution in [3.63, 3.8) is 0 Å². The normalized spacial score (nSPS) is 14.4. The second kappa shape index (κ2) is 6.16. The molecule has 0 unspecified atom stereocenters. The number of hydrogen-bond acceptors (Lipinski definition) is 5. The lowest BCUT2D eigenvalue weighted by Gasteiger charge is -2.30. The van der Waals surface area contributed by atoms with E-state index >= 15 is 0 Å². The van der Waals surface area contributed by atoms with Crippen molar-refractivity contribution in [2.75, 3.05) is 17.2 Å². The Morgan fingerprint density at radius 3 is 2.77 bits per heavy atom. The number of benzene rings is 1. The molecule has 1 aromatic carbocycles. The van der Waals surface area contributed by atoms with Crippen molar-refractivity contribution in [2.24, 2.45) is 0 Å². The van der Waals surface area contributed by atoms with E-state index < -0.39 is 0 Å². The van der Waals surface area contributed by atoms with Crippen LogP contribution >= 0.6 is 12.4 Å². The third kappa shape index (κ3) is 3.19. The molecule has 0 radical (unpaired) electrons. The molecule has 1 aliphatic heterocycles. The van der Waals surface area contributed by atoms with Crippen LogP contribution in [0.1, 0.15) is 44.5 Å². The van der Waals surface area contributed by atoms with Gasteiger partial charge in [-0.1, -0.05) is 32.0 Å². The summed E-state index contributed by atoms with van der Waals surface area (Å²) in [6.45, 7) is 7.87. The Morgan fingerprint density at radius 1 is 1.32 bits per heavy atom. The first-order chi connectivity index (χ1) is 9.95. The van der Waals surface area contributed by atoms with Gasteiger partial charge in [0.1, 0.15) is 0 Å². The zero-order valence-corrected chi connectivity index (χ0v) is 14.1. The van der Waals surface area contributed by atoms with Crippen molar-refractivity contribution in [2.45, 2.75) is 45.6 Å². The zero-order chi connectivity index (χ0) is 15.0. The van der Waals surface area contributed by atoms with Gasteiger partial charge in [0.15, 0.2) is 5.82 Å². The number of aromatic nitrogens is 2. The molecule has 1 aromatic heterocycles. The predicted molar refractivity (Wildman–Crippen MR) is 90.5 cm³/mol. The Kier molecular flexibility index (Phi) is 4.66. The Balaban J connectivity index is 0.00000176. The molecule has 2 heterocycles. The number of nitrogen functional groups attached to an aromatic ring is 1. The SMILES string of the molecule is CC(C)(C)c1noc(CN2CCCc3c(N)cccc32)n1.Cl. The summed E-state index contributed by atoms with van der Waals surface area (Å²) in [5, 5.41) is 4.09. The highest BCUT2D eigenvalue weighted by Crippen LogP contribution is 2.32. The van der Waals surface area contributed by atoms with Crippen LogP contribution < -0.4 is 10.6 Å². The summed E-state index contributed by atoms with van der Waals surface area (Å²) >= 11 is 0. The third-order valence-electron chi connectivity index (χ3n) is 3.85. The van der Waals surface area contributed by atoms with Crippen LogP contribution in [0.15, 0.2) is 22.7 Å². The first-order valence-corrected chi connectivity index (χ1v) is 7.40. The number of rotatable bonds is 2. The monoisotopic (exact) mass is 322 g/mol. The molecule has 0 atom stereocenters. The fourth-order valence-corrected chi connectivity index (χ4v) is 2.68. The van der Waals surface area contributed by atoms with Crippen LogP contribution in [-0.4, -0.2) is 16.7 Å². The molecule has 0 saturated carbocycles. The maximum Gasteiger partial charge on any atom is 0.246 e. The number of anilines is 2. The van der Waals surface area contributed by atoms with Gasteiger partial charge < -0.3 is 15.2 Å². The van der Waals surface area contributed by atoms with Gasteiger partial charge >= 0.3 is 0 Å². The second-order valence-electron chi connectivity index (χ2n) is 6.63. The van der Waals surface area contributed by atoms with E-state index in [1.54, 1.807) is 0 Å². The Morgan fingerprint density at radius 2 is 2.09 bits per heavy atom. The number of hydrogen-bond donors (Lipinski definition) is 1. The summed E-state index contributed by atoms with van der Waals surface area (Å²) in [6, 6.07) is 6.08. The molecule has 2 N–H and O–H groups in total. The molecule has 0 spiro atoms. The maximum atomic E-state index is 6.08. The van der Waals surface area contributed by atoms with Gasteiger partial charge in [-0.05, 0) is 30.5 Å². The fourth-order valence-electron chi connectivity index (χ4n) is 2.68. The highest BCUT2D eigenvalue weighted by atomic mass is 35.5. The molecule has 0 aliphatic carbocycles. The Hall–Kier alpha value is -1.75. The molecular weight excluding hydrogens is 300 g/mol. The highest BCUT2D eigenvalue weighted by Gasteiger charge is 2.24. The minimum atomic E-state index is -0.0913. The highest BCUT2D eigenvalue weighted by molar-refractivity contribution is 5.85. The minimum Gasteiger partial charge on any atom is -0.398 e. The summed E-state index contributed by atoms with van der Waals surface area (Å²) in [5.74, 6) is 1.41. The van der Waals surface area contributed by atoms with Crippen molar-refractivity contribution in [1.29, 1.82) is 0 Å². The standard InChI is InChI=1S/C16H22N4O.ClH/c1-16(2,3)15-18-14(21-19-15)10-20-9-5-6-11-12(17)7-4-8-13(11)20;/h4,7-8H,5-6,9-10,17H2,1-3H3;1H. The van der Waals surface area contributed by atoms with Crippen molar-refractivity contribution in [1.82, 2.24) is 10.1 Å².